The smallest absolute Gasteiger partial charge is 0.340 e. The highest BCUT2D eigenvalue weighted by Gasteiger charge is 2.63. The maximum atomic E-state index is 14.4. The van der Waals surface area contributed by atoms with Crippen molar-refractivity contribution in [3.8, 4) is 0 Å². The summed E-state index contributed by atoms with van der Waals surface area (Å²) in [6.07, 6.45) is 1.13. The number of anilines is 1. The molecule has 3 fully saturated rings. The largest absolute Gasteiger partial charge is 0.399 e. The number of thiophene rings is 1. The van der Waals surface area contributed by atoms with Crippen LogP contribution in [0.2, 0.25) is 0 Å². The Morgan fingerprint density at radius 3 is 2.54 bits per heavy atom. The summed E-state index contributed by atoms with van der Waals surface area (Å²) in [5, 5.41) is 5.65. The summed E-state index contributed by atoms with van der Waals surface area (Å²) in [6, 6.07) is 7.77. The van der Waals surface area contributed by atoms with Gasteiger partial charge < -0.3 is 40.0 Å². The Kier molecular flexibility index (Phi) is 8.73. The molecule has 5 heterocycles. The number of rotatable bonds is 5. The van der Waals surface area contributed by atoms with E-state index in [-0.39, 0.29) is 48.3 Å². The maximum absolute atomic E-state index is 14.4. The number of carbonyl (C=O) groups is 5. The van der Waals surface area contributed by atoms with Crippen LogP contribution in [0.5, 0.6) is 0 Å². The molecule has 1 spiro atoms. The first kappa shape index (κ1) is 35.6. The van der Waals surface area contributed by atoms with Gasteiger partial charge >= 0.3 is 13.3 Å². The van der Waals surface area contributed by atoms with Gasteiger partial charge in [0.05, 0.1) is 11.4 Å². The van der Waals surface area contributed by atoms with E-state index in [4.69, 9.17) is 16.4 Å². The molecular formula is C34H33F2N6O8PS. The van der Waals surface area contributed by atoms with E-state index in [1.807, 2.05) is 0 Å². The molecule has 4 aliphatic rings. The Bertz CT molecular complexity index is 2130. The van der Waals surface area contributed by atoms with Crippen molar-refractivity contribution in [3.63, 3.8) is 0 Å². The van der Waals surface area contributed by atoms with Crippen molar-refractivity contribution in [3.05, 3.63) is 76.0 Å². The van der Waals surface area contributed by atoms with Gasteiger partial charge in [-0.1, -0.05) is 24.3 Å². The van der Waals surface area contributed by atoms with Crippen molar-refractivity contribution in [2.24, 2.45) is 0 Å². The first-order valence-electron chi connectivity index (χ1n) is 16.5. The number of benzene rings is 2. The minimum Gasteiger partial charge on any atom is -0.340 e. The van der Waals surface area contributed by atoms with E-state index < -0.39 is 66.1 Å². The summed E-state index contributed by atoms with van der Waals surface area (Å²) in [5.74, 6) is -2.45. The molecule has 2 unspecified atom stereocenters. The molecular weight excluding hydrogens is 721 g/mol. The Balaban J connectivity index is 1.15. The van der Waals surface area contributed by atoms with Gasteiger partial charge in [0, 0.05) is 54.1 Å². The molecule has 18 heteroatoms. The summed E-state index contributed by atoms with van der Waals surface area (Å²) >= 11 is 0.913. The zero-order valence-electron chi connectivity index (χ0n) is 27.6. The van der Waals surface area contributed by atoms with Gasteiger partial charge in [0.1, 0.15) is 12.1 Å². The summed E-state index contributed by atoms with van der Waals surface area (Å²) in [7, 11) is -5.83. The second-order valence-electron chi connectivity index (χ2n) is 13.6. The Morgan fingerprint density at radius 1 is 1.08 bits per heavy atom. The standard InChI is InChI=1S/C34H33F2N6O8PS/c1-18(43)40-12-11-21-8-9-25(31(46)41-16-28(37-2)33(17-41)22-5-3-4-6-23(22)39-32(33)47)42(21)30(45)24(15-40)38-29(44)27-14-19-13-20(7-10-26(19)52-27)34(35,36)51(48,49)50/h3-7,10,13-14,21,24-25,28H,8-9,11-12,15-17H2,1H3,(H,38,44)(H,39,47)(H2,48,49,50)/t21-,24+,25+,28?,33?/m1/s1. The normalized spacial score (nSPS) is 26.1. The van der Waals surface area contributed by atoms with Crippen LogP contribution in [-0.4, -0.2) is 104 Å². The Morgan fingerprint density at radius 2 is 1.83 bits per heavy atom. The van der Waals surface area contributed by atoms with Crippen LogP contribution in [0, 0.1) is 6.57 Å². The molecule has 272 valence electrons. The highest BCUT2D eigenvalue weighted by atomic mass is 32.1. The van der Waals surface area contributed by atoms with Gasteiger partial charge in [-0.05, 0) is 48.9 Å². The van der Waals surface area contributed by atoms with Crippen LogP contribution in [0.3, 0.4) is 0 Å². The first-order chi connectivity index (χ1) is 24.6. The lowest BCUT2D eigenvalue weighted by Crippen LogP contribution is -2.61. The number of nitrogens with zero attached hydrogens (tertiary/aromatic N) is 4. The van der Waals surface area contributed by atoms with Crippen molar-refractivity contribution in [1.82, 2.24) is 20.0 Å². The van der Waals surface area contributed by atoms with Crippen LogP contribution in [0.15, 0.2) is 48.5 Å². The lowest BCUT2D eigenvalue weighted by Gasteiger charge is -2.39. The number of alkyl halides is 2. The first-order valence-corrected chi connectivity index (χ1v) is 18.9. The molecule has 3 aromatic rings. The monoisotopic (exact) mass is 754 g/mol. The lowest BCUT2D eigenvalue weighted by atomic mass is 9.77. The van der Waals surface area contributed by atoms with Crippen LogP contribution in [-0.2, 0) is 34.8 Å². The van der Waals surface area contributed by atoms with Gasteiger partial charge in [-0.2, -0.15) is 8.78 Å². The van der Waals surface area contributed by atoms with Gasteiger partial charge in [-0.25, -0.2) is 6.57 Å². The molecule has 2 aromatic carbocycles. The third-order valence-electron chi connectivity index (χ3n) is 10.6. The molecule has 4 aliphatic heterocycles. The van der Waals surface area contributed by atoms with E-state index in [1.165, 1.54) is 33.8 Å². The fraction of sp³-hybridized carbons (Fsp3) is 0.412. The van der Waals surface area contributed by atoms with E-state index in [9.17, 15) is 37.3 Å². The predicted octanol–water partition coefficient (Wildman–Crippen LogP) is 2.86. The zero-order valence-corrected chi connectivity index (χ0v) is 29.3. The predicted molar refractivity (Wildman–Crippen MR) is 183 cm³/mol. The van der Waals surface area contributed by atoms with E-state index >= 15 is 0 Å². The van der Waals surface area contributed by atoms with E-state index in [0.29, 0.717) is 35.2 Å². The number of nitrogens with one attached hydrogen (secondary N) is 2. The molecule has 52 heavy (non-hydrogen) atoms. The van der Waals surface area contributed by atoms with Gasteiger partial charge in [0.25, 0.3) is 11.9 Å². The van der Waals surface area contributed by atoms with E-state index in [0.717, 1.165) is 23.5 Å². The fourth-order valence-corrected chi connectivity index (χ4v) is 9.36. The topological polar surface area (TPSA) is 181 Å². The molecule has 5 amide bonds. The lowest BCUT2D eigenvalue weighted by molar-refractivity contribution is -0.148. The third kappa shape index (κ3) is 5.65. The molecule has 14 nitrogen and oxygen atoms in total. The highest BCUT2D eigenvalue weighted by Crippen LogP contribution is 2.59. The number of hydrogen-bond donors (Lipinski definition) is 4. The minimum absolute atomic E-state index is 0.0146. The average Bonchev–Trinajstić information content (AvgIpc) is 3.87. The quantitative estimate of drug-likeness (QED) is 0.227. The number of fused-ring (bicyclic) bond motifs is 4. The van der Waals surface area contributed by atoms with Crippen LogP contribution in [0.1, 0.15) is 47.0 Å². The summed E-state index contributed by atoms with van der Waals surface area (Å²) in [5.41, 5.74) is -5.41. The zero-order chi connectivity index (χ0) is 37.3. The van der Waals surface area contributed by atoms with Crippen LogP contribution in [0.4, 0.5) is 14.5 Å². The van der Waals surface area contributed by atoms with Gasteiger partial charge in [-0.3, -0.25) is 28.5 Å². The van der Waals surface area contributed by atoms with Gasteiger partial charge in [0.2, 0.25) is 23.6 Å². The van der Waals surface area contributed by atoms with E-state index in [1.54, 1.807) is 24.3 Å². The van der Waals surface area contributed by atoms with Crippen molar-refractivity contribution in [2.75, 3.05) is 31.5 Å². The number of para-hydroxylation sites is 1. The van der Waals surface area contributed by atoms with Gasteiger partial charge in [-0.15, -0.1) is 11.3 Å². The average molecular weight is 755 g/mol. The van der Waals surface area contributed by atoms with Crippen LogP contribution in [0.25, 0.3) is 14.9 Å². The number of amides is 5. The second-order valence-corrected chi connectivity index (χ2v) is 16.3. The molecule has 1 aromatic heterocycles. The second kappa shape index (κ2) is 12.7. The van der Waals surface area contributed by atoms with Crippen molar-refractivity contribution < 1.29 is 47.1 Å². The molecule has 0 saturated carbocycles. The molecule has 3 saturated heterocycles. The number of likely N-dealkylation sites (tertiary alicyclic amines) is 1. The molecule has 4 N–H and O–H groups in total. The highest BCUT2D eigenvalue weighted by molar-refractivity contribution is 7.52. The van der Waals surface area contributed by atoms with Crippen molar-refractivity contribution in [2.45, 2.75) is 61.4 Å². The SMILES string of the molecule is [C-]#[N+]C1CN(C(=O)[C@@H]2CC[C@@H]3CCN(C(C)=O)C[C@H](NC(=O)c4cc5cc(C(F)(F)P(=O)(O)O)ccc5s4)C(=O)N32)CC12C(=O)Nc1ccccc12. The van der Waals surface area contributed by atoms with Crippen molar-refractivity contribution in [1.29, 1.82) is 0 Å². The fourth-order valence-electron chi connectivity index (χ4n) is 7.94. The van der Waals surface area contributed by atoms with Crippen molar-refractivity contribution >= 4 is 64.2 Å². The van der Waals surface area contributed by atoms with Gasteiger partial charge in [0.15, 0.2) is 5.41 Å². The Hall–Kier alpha value is -4.75. The molecule has 0 bridgehead atoms. The molecule has 0 radical (unpaired) electrons. The minimum atomic E-state index is -5.83. The number of carbonyl (C=O) groups excluding carboxylic acids is 5. The number of halogens is 2. The van der Waals surface area contributed by atoms with Crippen LogP contribution >= 0.6 is 18.9 Å². The summed E-state index contributed by atoms with van der Waals surface area (Å²) in [4.78, 5) is 94.7. The maximum Gasteiger partial charge on any atom is 0.399 e. The molecule has 7 rings (SSSR count). The third-order valence-corrected chi connectivity index (χ3v) is 12.7. The van der Waals surface area contributed by atoms with Crippen LogP contribution < -0.4 is 10.6 Å². The summed E-state index contributed by atoms with van der Waals surface area (Å²) in [6.45, 7) is 9.25. The summed E-state index contributed by atoms with van der Waals surface area (Å²) < 4.78 is 40.6. The Labute approximate surface area is 299 Å². The molecule has 0 aliphatic carbocycles. The van der Waals surface area contributed by atoms with E-state index in [2.05, 4.69) is 15.5 Å². The molecule has 5 atom stereocenters. The number of hydrogen-bond acceptors (Lipinski definition) is 7.